The van der Waals surface area contributed by atoms with Gasteiger partial charge in [-0.3, -0.25) is 24.2 Å². The molecule has 178 valence electrons. The second-order valence-corrected chi connectivity index (χ2v) is 9.45. The van der Waals surface area contributed by atoms with Crippen LogP contribution in [0.4, 0.5) is 5.69 Å². The molecule has 4 aromatic rings. The van der Waals surface area contributed by atoms with Crippen molar-refractivity contribution in [1.29, 1.82) is 0 Å². The van der Waals surface area contributed by atoms with Crippen LogP contribution in [0.25, 0.3) is 21.8 Å². The summed E-state index contributed by atoms with van der Waals surface area (Å²) in [5.74, 6) is -0.581. The standard InChI is InChI=1S/C28H21N3O4S/c1-2-23-28(34)30(16-31-26(32)19-10-6-7-11-20(19)27(31)33)22-14-18(12-13-24(22)35-23)21-15-36-25(29-21)17-8-4-3-5-9-17/h3-15,23H,2,16H2,1H3. The van der Waals surface area contributed by atoms with Crippen LogP contribution in [0.5, 0.6) is 5.75 Å². The number of hydrogen-bond acceptors (Lipinski definition) is 6. The van der Waals surface area contributed by atoms with E-state index in [2.05, 4.69) is 0 Å². The molecule has 36 heavy (non-hydrogen) atoms. The molecular weight excluding hydrogens is 474 g/mol. The number of aromatic nitrogens is 1. The van der Waals surface area contributed by atoms with Gasteiger partial charge in [-0.2, -0.15) is 0 Å². The maximum atomic E-state index is 13.4. The molecule has 2 aliphatic rings. The van der Waals surface area contributed by atoms with Gasteiger partial charge < -0.3 is 4.74 Å². The Hall–Kier alpha value is -4.30. The summed E-state index contributed by atoms with van der Waals surface area (Å²) in [5, 5.41) is 2.86. The average Bonchev–Trinajstić information content (AvgIpc) is 3.50. The molecule has 1 aromatic heterocycles. The second-order valence-electron chi connectivity index (χ2n) is 8.59. The van der Waals surface area contributed by atoms with Gasteiger partial charge in [0.2, 0.25) is 0 Å². The third-order valence-electron chi connectivity index (χ3n) is 6.41. The zero-order valence-electron chi connectivity index (χ0n) is 19.4. The van der Waals surface area contributed by atoms with Crippen LogP contribution >= 0.6 is 11.3 Å². The van der Waals surface area contributed by atoms with Crippen molar-refractivity contribution < 1.29 is 19.1 Å². The summed E-state index contributed by atoms with van der Waals surface area (Å²) in [6.45, 7) is 1.68. The molecule has 0 N–H and O–H groups in total. The summed E-state index contributed by atoms with van der Waals surface area (Å²) >= 11 is 1.54. The molecule has 3 heterocycles. The molecule has 2 aliphatic heterocycles. The molecule has 3 aromatic carbocycles. The van der Waals surface area contributed by atoms with E-state index in [-0.39, 0.29) is 12.6 Å². The number of anilines is 1. The first-order valence-electron chi connectivity index (χ1n) is 11.6. The highest BCUT2D eigenvalue weighted by molar-refractivity contribution is 7.13. The van der Waals surface area contributed by atoms with Gasteiger partial charge in [0.1, 0.15) is 17.4 Å². The van der Waals surface area contributed by atoms with Gasteiger partial charge in [0.05, 0.1) is 22.5 Å². The zero-order chi connectivity index (χ0) is 24.8. The molecule has 0 spiro atoms. The van der Waals surface area contributed by atoms with Crippen LogP contribution < -0.4 is 9.64 Å². The van der Waals surface area contributed by atoms with Gasteiger partial charge in [-0.15, -0.1) is 11.3 Å². The highest BCUT2D eigenvalue weighted by Crippen LogP contribution is 2.39. The summed E-state index contributed by atoms with van der Waals surface area (Å²) in [6, 6.07) is 22.2. The van der Waals surface area contributed by atoms with Crippen molar-refractivity contribution in [3.63, 3.8) is 0 Å². The van der Waals surface area contributed by atoms with Gasteiger partial charge in [-0.25, -0.2) is 4.98 Å². The number of carbonyl (C=O) groups is 3. The maximum absolute atomic E-state index is 13.4. The summed E-state index contributed by atoms with van der Waals surface area (Å²) < 4.78 is 5.97. The quantitative estimate of drug-likeness (QED) is 0.354. The van der Waals surface area contributed by atoms with Crippen molar-refractivity contribution in [2.24, 2.45) is 0 Å². The molecular formula is C28H21N3O4S. The van der Waals surface area contributed by atoms with E-state index in [1.54, 1.807) is 24.3 Å². The largest absolute Gasteiger partial charge is 0.478 e. The Morgan fingerprint density at radius 3 is 2.25 bits per heavy atom. The summed E-state index contributed by atoms with van der Waals surface area (Å²) in [6.07, 6.45) is -0.229. The summed E-state index contributed by atoms with van der Waals surface area (Å²) in [4.78, 5) is 46.8. The third-order valence-corrected chi connectivity index (χ3v) is 7.30. The Morgan fingerprint density at radius 2 is 1.56 bits per heavy atom. The number of amides is 3. The first kappa shape index (κ1) is 22.2. The van der Waals surface area contributed by atoms with E-state index in [4.69, 9.17) is 9.72 Å². The summed E-state index contributed by atoms with van der Waals surface area (Å²) in [7, 11) is 0. The molecule has 7 nitrogen and oxygen atoms in total. The van der Waals surface area contributed by atoms with Crippen molar-refractivity contribution in [1.82, 2.24) is 9.88 Å². The number of fused-ring (bicyclic) bond motifs is 2. The van der Waals surface area contributed by atoms with E-state index >= 15 is 0 Å². The van der Waals surface area contributed by atoms with E-state index < -0.39 is 17.9 Å². The Labute approximate surface area is 211 Å². The van der Waals surface area contributed by atoms with Crippen LogP contribution in [0, 0.1) is 0 Å². The number of benzene rings is 3. The Bertz CT molecular complexity index is 1480. The van der Waals surface area contributed by atoms with Crippen molar-refractivity contribution in [3.05, 3.63) is 89.3 Å². The average molecular weight is 496 g/mol. The van der Waals surface area contributed by atoms with Crippen LogP contribution in [0.15, 0.2) is 78.2 Å². The SMILES string of the molecule is CCC1Oc2ccc(-c3csc(-c4ccccc4)n3)cc2N(CN2C(=O)c3ccccc3C2=O)C1=O. The number of rotatable bonds is 5. The fourth-order valence-corrected chi connectivity index (χ4v) is 5.35. The van der Waals surface area contributed by atoms with Crippen molar-refractivity contribution in [3.8, 4) is 27.6 Å². The minimum absolute atomic E-state index is 0.187. The van der Waals surface area contributed by atoms with Gasteiger partial charge >= 0.3 is 0 Å². The van der Waals surface area contributed by atoms with E-state index in [1.807, 2.05) is 60.8 Å². The van der Waals surface area contributed by atoms with Crippen molar-refractivity contribution in [2.75, 3.05) is 11.6 Å². The van der Waals surface area contributed by atoms with Crippen LogP contribution in [0.3, 0.4) is 0 Å². The lowest BCUT2D eigenvalue weighted by Gasteiger charge is -2.35. The smallest absolute Gasteiger partial charge is 0.269 e. The zero-order valence-corrected chi connectivity index (χ0v) is 20.2. The normalized spacial score (nSPS) is 16.7. The Morgan fingerprint density at radius 1 is 0.861 bits per heavy atom. The lowest BCUT2D eigenvalue weighted by atomic mass is 10.1. The van der Waals surface area contributed by atoms with E-state index in [9.17, 15) is 14.4 Å². The Balaban J connectivity index is 1.36. The fourth-order valence-electron chi connectivity index (χ4n) is 4.52. The lowest BCUT2D eigenvalue weighted by Crippen LogP contribution is -2.51. The predicted molar refractivity (Wildman–Crippen MR) is 137 cm³/mol. The van der Waals surface area contributed by atoms with Gasteiger partial charge in [0.15, 0.2) is 6.10 Å². The number of hydrogen-bond donors (Lipinski definition) is 0. The minimum atomic E-state index is -0.692. The van der Waals surface area contributed by atoms with Gasteiger partial charge in [0.25, 0.3) is 17.7 Å². The van der Waals surface area contributed by atoms with Gasteiger partial charge in [-0.1, -0.05) is 49.4 Å². The number of ether oxygens (including phenoxy) is 1. The minimum Gasteiger partial charge on any atom is -0.478 e. The number of thiazole rings is 1. The van der Waals surface area contributed by atoms with Gasteiger partial charge in [-0.05, 0) is 36.8 Å². The molecule has 3 amide bonds. The molecule has 0 bridgehead atoms. The molecule has 1 unspecified atom stereocenters. The highest BCUT2D eigenvalue weighted by Gasteiger charge is 2.41. The first-order chi connectivity index (χ1) is 17.5. The summed E-state index contributed by atoms with van der Waals surface area (Å²) in [5.41, 5.74) is 3.81. The number of imide groups is 1. The van der Waals surface area contributed by atoms with Crippen LogP contribution in [-0.4, -0.2) is 40.4 Å². The van der Waals surface area contributed by atoms with E-state index in [0.717, 1.165) is 26.7 Å². The third kappa shape index (κ3) is 3.58. The van der Waals surface area contributed by atoms with Crippen LogP contribution in [-0.2, 0) is 4.79 Å². The maximum Gasteiger partial charge on any atom is 0.269 e. The first-order valence-corrected chi connectivity index (χ1v) is 12.5. The number of nitrogens with zero attached hydrogens (tertiary/aromatic N) is 3. The second kappa shape index (κ2) is 8.73. The van der Waals surface area contributed by atoms with Crippen molar-refractivity contribution >= 4 is 34.7 Å². The molecule has 8 heteroatoms. The number of carbonyl (C=O) groups excluding carboxylic acids is 3. The van der Waals surface area contributed by atoms with E-state index in [0.29, 0.717) is 29.0 Å². The lowest BCUT2D eigenvalue weighted by molar-refractivity contribution is -0.126. The highest BCUT2D eigenvalue weighted by atomic mass is 32.1. The van der Waals surface area contributed by atoms with Gasteiger partial charge in [0, 0.05) is 16.5 Å². The molecule has 6 rings (SSSR count). The molecule has 0 radical (unpaired) electrons. The van der Waals surface area contributed by atoms with Crippen LogP contribution in [0.1, 0.15) is 34.1 Å². The van der Waals surface area contributed by atoms with E-state index in [1.165, 1.54) is 16.2 Å². The predicted octanol–water partition coefficient (Wildman–Crippen LogP) is 5.23. The molecule has 0 aliphatic carbocycles. The fraction of sp³-hybridized carbons (Fsp3) is 0.143. The molecule has 0 saturated heterocycles. The molecule has 0 saturated carbocycles. The van der Waals surface area contributed by atoms with Crippen molar-refractivity contribution in [2.45, 2.75) is 19.4 Å². The Kier molecular flexibility index (Phi) is 5.38. The molecule has 1 atom stereocenters. The van der Waals surface area contributed by atoms with Crippen LogP contribution in [0.2, 0.25) is 0 Å². The monoisotopic (exact) mass is 495 g/mol. The topological polar surface area (TPSA) is 79.8 Å². The molecule has 0 fully saturated rings.